The van der Waals surface area contributed by atoms with E-state index in [1.165, 1.54) is 23.1 Å². The lowest BCUT2D eigenvalue weighted by molar-refractivity contribution is -0.139. The summed E-state index contributed by atoms with van der Waals surface area (Å²) in [5, 5.41) is 2.83. The summed E-state index contributed by atoms with van der Waals surface area (Å²) in [5.74, 6) is -1.51. The first-order valence-electron chi connectivity index (χ1n) is 11.4. The van der Waals surface area contributed by atoms with Crippen LogP contribution in [0.4, 0.5) is 10.1 Å². The van der Waals surface area contributed by atoms with Crippen molar-refractivity contribution in [1.82, 2.24) is 10.2 Å². The van der Waals surface area contributed by atoms with Gasteiger partial charge in [-0.3, -0.25) is 13.9 Å². The number of benzene rings is 2. The zero-order valence-corrected chi connectivity index (χ0v) is 21.2. The van der Waals surface area contributed by atoms with Crippen LogP contribution in [0.2, 0.25) is 0 Å². The minimum absolute atomic E-state index is 0.107. The Morgan fingerprint density at radius 3 is 2.18 bits per heavy atom. The molecule has 2 aromatic rings. The standard InChI is InChI=1S/C25H34FN3O4S/c1-6-18(3)27-25(31)19(4)28(16-21-10-8-9-11-23(21)26)24(30)17-29(34(5,32)33)22-14-12-20(7-2)13-15-22/h8-15,18-19H,6-7,16-17H2,1-5H3,(H,27,31)/t18-,19+/m0/s1. The van der Waals surface area contributed by atoms with Gasteiger partial charge in [0, 0.05) is 18.2 Å². The zero-order chi connectivity index (χ0) is 25.5. The number of hydrogen-bond donors (Lipinski definition) is 1. The quantitative estimate of drug-likeness (QED) is 0.521. The van der Waals surface area contributed by atoms with Crippen LogP contribution in [-0.4, -0.2) is 50.0 Å². The van der Waals surface area contributed by atoms with Crippen molar-refractivity contribution in [3.8, 4) is 0 Å². The molecule has 0 aliphatic heterocycles. The third kappa shape index (κ3) is 7.28. The minimum atomic E-state index is -3.80. The van der Waals surface area contributed by atoms with Crippen molar-refractivity contribution in [3.63, 3.8) is 0 Å². The molecule has 0 unspecified atom stereocenters. The van der Waals surface area contributed by atoms with E-state index in [2.05, 4.69) is 5.32 Å². The smallest absolute Gasteiger partial charge is 0.244 e. The molecule has 0 aliphatic rings. The van der Waals surface area contributed by atoms with Gasteiger partial charge in [0.25, 0.3) is 0 Å². The largest absolute Gasteiger partial charge is 0.352 e. The van der Waals surface area contributed by atoms with Crippen molar-refractivity contribution in [2.45, 2.75) is 59.2 Å². The summed E-state index contributed by atoms with van der Waals surface area (Å²) < 4.78 is 40.5. The number of hydrogen-bond acceptors (Lipinski definition) is 4. The molecule has 0 saturated heterocycles. The van der Waals surface area contributed by atoms with Crippen LogP contribution in [-0.2, 0) is 32.6 Å². The molecular weight excluding hydrogens is 457 g/mol. The van der Waals surface area contributed by atoms with E-state index < -0.39 is 40.2 Å². The highest BCUT2D eigenvalue weighted by atomic mass is 32.2. The van der Waals surface area contributed by atoms with Crippen molar-refractivity contribution in [2.24, 2.45) is 0 Å². The highest BCUT2D eigenvalue weighted by Gasteiger charge is 2.30. The lowest BCUT2D eigenvalue weighted by atomic mass is 10.1. The molecule has 2 atom stereocenters. The average Bonchev–Trinajstić information content (AvgIpc) is 2.80. The highest BCUT2D eigenvalue weighted by Crippen LogP contribution is 2.20. The number of amides is 2. The SMILES string of the molecule is CCc1ccc(N(CC(=O)N(Cc2ccccc2F)[C@H](C)C(=O)N[C@@H](C)CC)S(C)(=O)=O)cc1. The lowest BCUT2D eigenvalue weighted by Gasteiger charge is -2.32. The molecule has 9 heteroatoms. The minimum Gasteiger partial charge on any atom is -0.352 e. The van der Waals surface area contributed by atoms with Crippen LogP contribution in [0.25, 0.3) is 0 Å². The second kappa shape index (κ2) is 12.0. The fourth-order valence-electron chi connectivity index (χ4n) is 3.37. The monoisotopic (exact) mass is 491 g/mol. The second-order valence-electron chi connectivity index (χ2n) is 8.40. The van der Waals surface area contributed by atoms with E-state index in [4.69, 9.17) is 0 Å². The predicted octanol–water partition coefficient (Wildman–Crippen LogP) is 3.49. The van der Waals surface area contributed by atoms with Gasteiger partial charge in [-0.1, -0.05) is 44.2 Å². The molecule has 0 aliphatic carbocycles. The maximum atomic E-state index is 14.4. The molecule has 0 spiro atoms. The van der Waals surface area contributed by atoms with Gasteiger partial charge in [-0.25, -0.2) is 12.8 Å². The molecule has 7 nitrogen and oxygen atoms in total. The van der Waals surface area contributed by atoms with E-state index in [1.54, 1.807) is 37.3 Å². The van der Waals surface area contributed by atoms with Gasteiger partial charge >= 0.3 is 0 Å². The van der Waals surface area contributed by atoms with E-state index in [1.807, 2.05) is 20.8 Å². The maximum absolute atomic E-state index is 14.4. The van der Waals surface area contributed by atoms with Gasteiger partial charge in [-0.2, -0.15) is 0 Å². The molecule has 0 aromatic heterocycles. The zero-order valence-electron chi connectivity index (χ0n) is 20.4. The number of carbonyl (C=O) groups is 2. The molecule has 186 valence electrons. The summed E-state index contributed by atoms with van der Waals surface area (Å²) in [6, 6.07) is 11.8. The van der Waals surface area contributed by atoms with Crippen molar-refractivity contribution in [1.29, 1.82) is 0 Å². The third-order valence-electron chi connectivity index (χ3n) is 5.78. The van der Waals surface area contributed by atoms with E-state index in [9.17, 15) is 22.4 Å². The van der Waals surface area contributed by atoms with Gasteiger partial charge in [-0.05, 0) is 50.5 Å². The number of anilines is 1. The Hall–Kier alpha value is -2.94. The Morgan fingerprint density at radius 2 is 1.65 bits per heavy atom. The van der Waals surface area contributed by atoms with Crippen molar-refractivity contribution < 1.29 is 22.4 Å². The Kier molecular flexibility index (Phi) is 9.61. The van der Waals surface area contributed by atoms with Crippen LogP contribution in [0.1, 0.15) is 45.2 Å². The van der Waals surface area contributed by atoms with Crippen LogP contribution >= 0.6 is 0 Å². The van der Waals surface area contributed by atoms with Crippen LogP contribution in [0.3, 0.4) is 0 Å². The fraction of sp³-hybridized carbons (Fsp3) is 0.440. The van der Waals surface area contributed by atoms with Gasteiger partial charge in [0.2, 0.25) is 21.8 Å². The number of carbonyl (C=O) groups excluding carboxylic acids is 2. The Labute approximate surface area is 202 Å². The van der Waals surface area contributed by atoms with Gasteiger partial charge < -0.3 is 10.2 Å². The molecule has 0 bridgehead atoms. The van der Waals surface area contributed by atoms with E-state index >= 15 is 0 Å². The molecular formula is C25H34FN3O4S. The van der Waals surface area contributed by atoms with Gasteiger partial charge in [-0.15, -0.1) is 0 Å². The fourth-order valence-corrected chi connectivity index (χ4v) is 4.22. The van der Waals surface area contributed by atoms with Gasteiger partial charge in [0.15, 0.2) is 0 Å². The van der Waals surface area contributed by atoms with Crippen molar-refractivity contribution >= 4 is 27.5 Å². The molecule has 34 heavy (non-hydrogen) atoms. The summed E-state index contributed by atoms with van der Waals surface area (Å²) >= 11 is 0. The molecule has 0 radical (unpaired) electrons. The number of halogens is 1. The lowest BCUT2D eigenvalue weighted by Crippen LogP contribution is -2.52. The normalized spacial score (nSPS) is 13.1. The first-order chi connectivity index (χ1) is 16.0. The number of nitrogens with zero attached hydrogens (tertiary/aromatic N) is 2. The molecule has 0 heterocycles. The average molecular weight is 492 g/mol. The van der Waals surface area contributed by atoms with Crippen LogP contribution < -0.4 is 9.62 Å². The molecule has 2 rings (SSSR count). The molecule has 0 saturated carbocycles. The number of sulfonamides is 1. The molecule has 1 N–H and O–H groups in total. The first kappa shape index (κ1) is 27.3. The number of rotatable bonds is 11. The van der Waals surface area contributed by atoms with E-state index in [0.29, 0.717) is 12.1 Å². The summed E-state index contributed by atoms with van der Waals surface area (Å²) in [6.45, 7) is 6.62. The van der Waals surface area contributed by atoms with Crippen molar-refractivity contribution in [3.05, 3.63) is 65.5 Å². The Morgan fingerprint density at radius 1 is 1.03 bits per heavy atom. The number of nitrogens with one attached hydrogen (secondary N) is 1. The third-order valence-corrected chi connectivity index (χ3v) is 6.92. The highest BCUT2D eigenvalue weighted by molar-refractivity contribution is 7.92. The molecule has 0 fully saturated rings. The summed E-state index contributed by atoms with van der Waals surface area (Å²) in [5.41, 5.74) is 1.60. The predicted molar refractivity (Wildman–Crippen MR) is 132 cm³/mol. The topological polar surface area (TPSA) is 86.8 Å². The Bertz CT molecular complexity index is 1090. The van der Waals surface area contributed by atoms with Crippen LogP contribution in [0.15, 0.2) is 48.5 Å². The van der Waals surface area contributed by atoms with Gasteiger partial charge in [0.1, 0.15) is 18.4 Å². The molecule has 2 aromatic carbocycles. The number of aryl methyl sites for hydroxylation is 1. The van der Waals surface area contributed by atoms with Gasteiger partial charge in [0.05, 0.1) is 11.9 Å². The Balaban J connectivity index is 2.39. The van der Waals surface area contributed by atoms with Crippen LogP contribution in [0.5, 0.6) is 0 Å². The maximum Gasteiger partial charge on any atom is 0.244 e. The van der Waals surface area contributed by atoms with E-state index in [-0.39, 0.29) is 18.2 Å². The molecule has 2 amide bonds. The summed E-state index contributed by atoms with van der Waals surface area (Å²) in [7, 11) is -3.80. The first-order valence-corrected chi connectivity index (χ1v) is 13.2. The van der Waals surface area contributed by atoms with E-state index in [0.717, 1.165) is 22.5 Å². The second-order valence-corrected chi connectivity index (χ2v) is 10.3. The summed E-state index contributed by atoms with van der Waals surface area (Å²) in [4.78, 5) is 27.5. The summed E-state index contributed by atoms with van der Waals surface area (Å²) in [6.07, 6.45) is 2.51. The van der Waals surface area contributed by atoms with Crippen molar-refractivity contribution in [2.75, 3.05) is 17.1 Å². The van der Waals surface area contributed by atoms with Crippen LogP contribution in [0, 0.1) is 5.82 Å².